The Bertz CT molecular complexity index is 375. The van der Waals surface area contributed by atoms with Crippen LogP contribution in [-0.4, -0.2) is 12.2 Å². The molecule has 0 amide bonds. The zero-order valence-corrected chi connectivity index (χ0v) is 12.1. The van der Waals surface area contributed by atoms with Gasteiger partial charge in [-0.1, -0.05) is 12.1 Å². The fraction of sp³-hybridized carbons (Fsp3) is 0.200. The molecule has 4 nitrogen and oxygen atoms in total. The average molecular weight is 244 g/mol. The molecule has 1 rings (SSSR count). The van der Waals surface area contributed by atoms with Gasteiger partial charge in [0.15, 0.2) is 11.3 Å². The standard InChI is InChI=1S/C10H11N3OS.Na/c1-14-9-4-2-8(3-5-9)6-12-10(15)13-7-11;/h2-5H,6H2,1H3,(H2,12,13,15);/q;+1. The quantitative estimate of drug-likeness (QED) is 0.283. The summed E-state index contributed by atoms with van der Waals surface area (Å²) in [6, 6.07) is 7.61. The van der Waals surface area contributed by atoms with E-state index in [1.54, 1.807) is 13.3 Å². The van der Waals surface area contributed by atoms with Crippen LogP contribution in [0.1, 0.15) is 5.56 Å². The Balaban J connectivity index is 0.00000225. The Kier molecular flexibility index (Phi) is 7.95. The molecule has 6 heteroatoms. The van der Waals surface area contributed by atoms with E-state index < -0.39 is 0 Å². The first-order valence-corrected chi connectivity index (χ1v) is 4.73. The van der Waals surface area contributed by atoms with Crippen molar-refractivity contribution in [3.8, 4) is 11.9 Å². The average Bonchev–Trinajstić information content (AvgIpc) is 2.27. The van der Waals surface area contributed by atoms with Crippen LogP contribution in [0.25, 0.3) is 0 Å². The Hall–Kier alpha value is -0.800. The zero-order valence-electron chi connectivity index (χ0n) is 9.28. The number of nitrogens with zero attached hydrogens (tertiary/aromatic N) is 1. The molecule has 0 unspecified atom stereocenters. The molecule has 1 aromatic carbocycles. The third-order valence-electron chi connectivity index (χ3n) is 1.78. The number of thiocarbonyl (C=S) groups is 1. The summed E-state index contributed by atoms with van der Waals surface area (Å²) in [6.07, 6.45) is 1.75. The van der Waals surface area contributed by atoms with Crippen LogP contribution in [0.2, 0.25) is 0 Å². The van der Waals surface area contributed by atoms with Crippen molar-refractivity contribution >= 4 is 17.3 Å². The summed E-state index contributed by atoms with van der Waals surface area (Å²) in [5, 5.41) is 13.9. The van der Waals surface area contributed by atoms with Crippen molar-refractivity contribution < 1.29 is 34.3 Å². The molecule has 0 heterocycles. The van der Waals surface area contributed by atoms with Crippen molar-refractivity contribution in [3.63, 3.8) is 0 Å². The van der Waals surface area contributed by atoms with E-state index in [9.17, 15) is 0 Å². The van der Waals surface area contributed by atoms with E-state index in [4.69, 9.17) is 22.2 Å². The first kappa shape index (κ1) is 15.2. The van der Waals surface area contributed by atoms with Crippen LogP contribution in [0.15, 0.2) is 24.3 Å². The van der Waals surface area contributed by atoms with Crippen molar-refractivity contribution in [2.75, 3.05) is 7.11 Å². The molecule has 0 atom stereocenters. The van der Waals surface area contributed by atoms with Crippen molar-refractivity contribution in [1.29, 1.82) is 5.26 Å². The van der Waals surface area contributed by atoms with Crippen LogP contribution in [0.4, 0.5) is 0 Å². The first-order chi connectivity index (χ1) is 7.26. The summed E-state index contributed by atoms with van der Waals surface area (Å²) < 4.78 is 5.03. The molecule has 0 fully saturated rings. The molecule has 0 radical (unpaired) electrons. The van der Waals surface area contributed by atoms with Gasteiger partial charge in [0, 0.05) is 6.54 Å². The van der Waals surface area contributed by atoms with E-state index in [0.717, 1.165) is 11.3 Å². The van der Waals surface area contributed by atoms with Gasteiger partial charge >= 0.3 is 29.6 Å². The minimum atomic E-state index is 0. The van der Waals surface area contributed by atoms with Crippen LogP contribution in [0.3, 0.4) is 0 Å². The van der Waals surface area contributed by atoms with Crippen LogP contribution in [0, 0.1) is 11.5 Å². The van der Waals surface area contributed by atoms with Crippen molar-refractivity contribution in [2.45, 2.75) is 6.54 Å². The fourth-order valence-corrected chi connectivity index (χ4v) is 1.14. The number of nitrogens with one attached hydrogen (secondary N) is 2. The van der Waals surface area contributed by atoms with Gasteiger partial charge in [0.1, 0.15) is 5.75 Å². The van der Waals surface area contributed by atoms with Gasteiger partial charge in [-0.3, -0.25) is 5.32 Å². The monoisotopic (exact) mass is 244 g/mol. The van der Waals surface area contributed by atoms with Gasteiger partial charge in [0.25, 0.3) is 0 Å². The third-order valence-corrected chi connectivity index (χ3v) is 2.03. The molecule has 0 spiro atoms. The van der Waals surface area contributed by atoms with Gasteiger partial charge in [0.2, 0.25) is 0 Å². The van der Waals surface area contributed by atoms with Gasteiger partial charge in [-0.05, 0) is 29.9 Å². The first-order valence-electron chi connectivity index (χ1n) is 4.32. The van der Waals surface area contributed by atoms with E-state index in [-0.39, 0.29) is 29.6 Å². The number of benzene rings is 1. The number of nitriles is 1. The molecule has 2 N–H and O–H groups in total. The molecule has 0 aliphatic carbocycles. The maximum Gasteiger partial charge on any atom is 1.00 e. The van der Waals surface area contributed by atoms with Gasteiger partial charge in [0.05, 0.1) is 7.11 Å². The molecule has 1 aromatic rings. The van der Waals surface area contributed by atoms with Crippen molar-refractivity contribution in [3.05, 3.63) is 29.8 Å². The molecule has 0 aliphatic heterocycles. The van der Waals surface area contributed by atoms with E-state index >= 15 is 0 Å². The molecule has 0 aromatic heterocycles. The van der Waals surface area contributed by atoms with Gasteiger partial charge in [-0.15, -0.1) is 0 Å². The maximum atomic E-state index is 8.30. The Labute approximate surface area is 122 Å². The molecule has 0 bridgehead atoms. The van der Waals surface area contributed by atoms with E-state index in [2.05, 4.69) is 10.6 Å². The predicted octanol–water partition coefficient (Wildman–Crippen LogP) is -1.86. The topological polar surface area (TPSA) is 57.1 Å². The molecular weight excluding hydrogens is 233 g/mol. The molecule has 78 valence electrons. The van der Waals surface area contributed by atoms with Crippen LogP contribution in [0.5, 0.6) is 5.75 Å². The Morgan fingerprint density at radius 1 is 1.44 bits per heavy atom. The van der Waals surface area contributed by atoms with Crippen molar-refractivity contribution in [2.24, 2.45) is 0 Å². The predicted molar refractivity (Wildman–Crippen MR) is 61.2 cm³/mol. The van der Waals surface area contributed by atoms with Crippen molar-refractivity contribution in [1.82, 2.24) is 10.6 Å². The van der Waals surface area contributed by atoms with E-state index in [0.29, 0.717) is 11.7 Å². The normalized spacial score (nSPS) is 8.25. The molecule has 0 saturated heterocycles. The van der Waals surface area contributed by atoms with Crippen LogP contribution in [-0.2, 0) is 6.54 Å². The van der Waals surface area contributed by atoms with Gasteiger partial charge in [-0.2, -0.15) is 5.26 Å². The zero-order chi connectivity index (χ0) is 11.1. The van der Waals surface area contributed by atoms with Crippen LogP contribution < -0.4 is 44.9 Å². The SMILES string of the molecule is COc1ccc(CNC(=S)NC#N)cc1.[Na+]. The van der Waals surface area contributed by atoms with Gasteiger partial charge < -0.3 is 10.1 Å². The summed E-state index contributed by atoms with van der Waals surface area (Å²) in [4.78, 5) is 0. The number of hydrogen-bond acceptors (Lipinski definition) is 3. The Morgan fingerprint density at radius 2 is 2.06 bits per heavy atom. The second kappa shape index (κ2) is 8.36. The largest absolute Gasteiger partial charge is 1.00 e. The number of rotatable bonds is 3. The minimum Gasteiger partial charge on any atom is -0.497 e. The number of methoxy groups -OCH3 is 1. The molecular formula is C10H11N3NaOS+. The summed E-state index contributed by atoms with van der Waals surface area (Å²) in [7, 11) is 1.62. The molecule has 0 saturated carbocycles. The fourth-order valence-electron chi connectivity index (χ4n) is 1.02. The molecule has 0 aliphatic rings. The van der Waals surface area contributed by atoms with E-state index in [1.165, 1.54) is 0 Å². The third kappa shape index (κ3) is 5.33. The minimum absolute atomic E-state index is 0. The number of ether oxygens (including phenoxy) is 1. The second-order valence-corrected chi connectivity index (χ2v) is 3.18. The smallest absolute Gasteiger partial charge is 0.497 e. The second-order valence-electron chi connectivity index (χ2n) is 2.77. The van der Waals surface area contributed by atoms with Gasteiger partial charge in [-0.25, -0.2) is 0 Å². The summed E-state index contributed by atoms with van der Waals surface area (Å²) in [6.45, 7) is 0.581. The van der Waals surface area contributed by atoms with Crippen LogP contribution >= 0.6 is 12.2 Å². The maximum absolute atomic E-state index is 8.30. The molecule has 16 heavy (non-hydrogen) atoms. The summed E-state index contributed by atoms with van der Waals surface area (Å²) >= 11 is 4.83. The number of hydrogen-bond donors (Lipinski definition) is 2. The van der Waals surface area contributed by atoms with E-state index in [1.807, 2.05) is 24.3 Å². The summed E-state index contributed by atoms with van der Waals surface area (Å²) in [5.74, 6) is 0.816. The Morgan fingerprint density at radius 3 is 2.56 bits per heavy atom. The summed E-state index contributed by atoms with van der Waals surface area (Å²) in [5.41, 5.74) is 1.07.